The Morgan fingerprint density at radius 2 is 2.07 bits per heavy atom. The predicted octanol–water partition coefficient (Wildman–Crippen LogP) is -0.0643. The molecule has 3 N–H and O–H groups in total. The lowest BCUT2D eigenvalue weighted by atomic mass is 10.1. The highest BCUT2D eigenvalue weighted by Crippen LogP contribution is 2.07. The fourth-order valence-electron chi connectivity index (χ4n) is 1.72. The molecule has 0 aliphatic carbocycles. The Morgan fingerprint density at radius 1 is 1.43 bits per heavy atom. The number of rotatable bonds is 5. The molecular formula is C10H21N3O. The molecule has 0 saturated carbocycles. The number of amides is 1. The number of nitrogens with zero attached hydrogens (tertiary/aromatic N) is 1. The summed E-state index contributed by atoms with van der Waals surface area (Å²) in [6.45, 7) is 6.08. The molecule has 0 bridgehead atoms. The van der Waals surface area contributed by atoms with Crippen LogP contribution in [0.5, 0.6) is 0 Å². The summed E-state index contributed by atoms with van der Waals surface area (Å²) in [6.07, 6.45) is 3.98. The van der Waals surface area contributed by atoms with Crippen molar-refractivity contribution < 1.29 is 4.79 Å². The summed E-state index contributed by atoms with van der Waals surface area (Å²) in [7, 11) is 0. The number of hydrogen-bond donors (Lipinski definition) is 2. The van der Waals surface area contributed by atoms with Crippen molar-refractivity contribution in [1.82, 2.24) is 10.2 Å². The first-order chi connectivity index (χ1) is 6.70. The maximum atomic E-state index is 10.7. The molecule has 0 aromatic heterocycles. The highest BCUT2D eigenvalue weighted by molar-refractivity contribution is 5.79. The SMILES string of the molecule is CC(NCCN1CCCCC1)C(N)=O. The van der Waals surface area contributed by atoms with Gasteiger partial charge in [-0.3, -0.25) is 4.79 Å². The van der Waals surface area contributed by atoms with Crippen LogP contribution in [0.2, 0.25) is 0 Å². The molecule has 4 nitrogen and oxygen atoms in total. The molecule has 1 aliphatic rings. The van der Waals surface area contributed by atoms with E-state index in [9.17, 15) is 4.79 Å². The summed E-state index contributed by atoms with van der Waals surface area (Å²) < 4.78 is 0. The van der Waals surface area contributed by atoms with Gasteiger partial charge in [0.05, 0.1) is 6.04 Å². The number of carbonyl (C=O) groups excluding carboxylic acids is 1. The molecule has 1 rings (SSSR count). The quantitative estimate of drug-likeness (QED) is 0.652. The minimum absolute atomic E-state index is 0.209. The molecule has 1 fully saturated rings. The fourth-order valence-corrected chi connectivity index (χ4v) is 1.72. The minimum Gasteiger partial charge on any atom is -0.368 e. The number of piperidine rings is 1. The monoisotopic (exact) mass is 199 g/mol. The van der Waals surface area contributed by atoms with Gasteiger partial charge in [0.2, 0.25) is 5.91 Å². The first-order valence-corrected chi connectivity index (χ1v) is 5.45. The Balaban J connectivity index is 2.05. The normalized spacial score (nSPS) is 20.6. The van der Waals surface area contributed by atoms with Crippen molar-refractivity contribution in [3.05, 3.63) is 0 Å². The predicted molar refractivity (Wildman–Crippen MR) is 57.0 cm³/mol. The van der Waals surface area contributed by atoms with Crippen molar-refractivity contribution in [1.29, 1.82) is 0 Å². The third kappa shape index (κ3) is 4.07. The molecule has 0 spiro atoms. The van der Waals surface area contributed by atoms with Crippen molar-refractivity contribution in [3.63, 3.8) is 0 Å². The third-order valence-corrected chi connectivity index (χ3v) is 2.75. The maximum Gasteiger partial charge on any atom is 0.234 e. The molecule has 1 amide bonds. The number of primary amides is 1. The van der Waals surface area contributed by atoms with E-state index in [4.69, 9.17) is 5.73 Å². The van der Waals surface area contributed by atoms with E-state index in [-0.39, 0.29) is 11.9 Å². The summed E-state index contributed by atoms with van der Waals surface area (Å²) in [6, 6.07) is -0.209. The van der Waals surface area contributed by atoms with Crippen molar-refractivity contribution in [3.8, 4) is 0 Å². The van der Waals surface area contributed by atoms with Gasteiger partial charge in [0.1, 0.15) is 0 Å². The van der Waals surface area contributed by atoms with Gasteiger partial charge in [-0.15, -0.1) is 0 Å². The molecule has 1 aliphatic heterocycles. The van der Waals surface area contributed by atoms with Gasteiger partial charge in [-0.2, -0.15) is 0 Å². The lowest BCUT2D eigenvalue weighted by molar-refractivity contribution is -0.119. The van der Waals surface area contributed by atoms with Crippen LogP contribution in [-0.2, 0) is 4.79 Å². The van der Waals surface area contributed by atoms with E-state index >= 15 is 0 Å². The third-order valence-electron chi connectivity index (χ3n) is 2.75. The van der Waals surface area contributed by atoms with E-state index in [1.165, 1.54) is 32.4 Å². The molecule has 0 aromatic rings. The van der Waals surface area contributed by atoms with E-state index in [0.29, 0.717) is 0 Å². The van der Waals surface area contributed by atoms with Gasteiger partial charge in [0.25, 0.3) is 0 Å². The Kier molecular flexibility index (Phi) is 4.90. The summed E-state index contributed by atoms with van der Waals surface area (Å²) in [5.74, 6) is -0.274. The summed E-state index contributed by atoms with van der Waals surface area (Å²) in [5.41, 5.74) is 5.14. The van der Waals surface area contributed by atoms with E-state index in [0.717, 1.165) is 13.1 Å². The number of carbonyl (C=O) groups is 1. The number of hydrogen-bond acceptors (Lipinski definition) is 3. The molecule has 1 heterocycles. The van der Waals surface area contributed by atoms with Gasteiger partial charge >= 0.3 is 0 Å². The van der Waals surface area contributed by atoms with Crippen LogP contribution in [0.3, 0.4) is 0 Å². The zero-order valence-corrected chi connectivity index (χ0v) is 8.96. The molecule has 1 atom stereocenters. The second-order valence-electron chi connectivity index (χ2n) is 3.98. The molecule has 14 heavy (non-hydrogen) atoms. The lowest BCUT2D eigenvalue weighted by Gasteiger charge is -2.26. The zero-order valence-electron chi connectivity index (χ0n) is 8.96. The molecular weight excluding hydrogens is 178 g/mol. The number of likely N-dealkylation sites (tertiary alicyclic amines) is 1. The molecule has 1 saturated heterocycles. The Labute approximate surface area is 85.8 Å². The molecule has 4 heteroatoms. The van der Waals surface area contributed by atoms with E-state index in [1.54, 1.807) is 6.92 Å². The van der Waals surface area contributed by atoms with Crippen LogP contribution in [-0.4, -0.2) is 43.0 Å². The van der Waals surface area contributed by atoms with Gasteiger partial charge in [0.15, 0.2) is 0 Å². The van der Waals surface area contributed by atoms with Crippen molar-refractivity contribution in [2.24, 2.45) is 5.73 Å². The second-order valence-corrected chi connectivity index (χ2v) is 3.98. The van der Waals surface area contributed by atoms with Crippen molar-refractivity contribution in [2.75, 3.05) is 26.2 Å². The van der Waals surface area contributed by atoms with Crippen LogP contribution in [0.4, 0.5) is 0 Å². The van der Waals surface area contributed by atoms with Crippen LogP contribution in [0.1, 0.15) is 26.2 Å². The molecule has 1 unspecified atom stereocenters. The topological polar surface area (TPSA) is 58.4 Å². The first kappa shape index (κ1) is 11.5. The summed E-state index contributed by atoms with van der Waals surface area (Å²) in [5, 5.41) is 3.11. The van der Waals surface area contributed by atoms with E-state index in [2.05, 4.69) is 10.2 Å². The summed E-state index contributed by atoms with van der Waals surface area (Å²) in [4.78, 5) is 13.2. The summed E-state index contributed by atoms with van der Waals surface area (Å²) >= 11 is 0. The van der Waals surface area contributed by atoms with Crippen LogP contribution in [0.15, 0.2) is 0 Å². The Hall–Kier alpha value is -0.610. The van der Waals surface area contributed by atoms with Crippen LogP contribution >= 0.6 is 0 Å². The molecule has 0 radical (unpaired) electrons. The van der Waals surface area contributed by atoms with Crippen LogP contribution in [0, 0.1) is 0 Å². The fraction of sp³-hybridized carbons (Fsp3) is 0.900. The minimum atomic E-state index is -0.274. The van der Waals surface area contributed by atoms with Crippen molar-refractivity contribution >= 4 is 5.91 Å². The lowest BCUT2D eigenvalue weighted by Crippen LogP contribution is -2.43. The average Bonchev–Trinajstić information content (AvgIpc) is 2.19. The second kappa shape index (κ2) is 5.98. The van der Waals surface area contributed by atoms with Crippen LogP contribution < -0.4 is 11.1 Å². The maximum absolute atomic E-state index is 10.7. The Morgan fingerprint density at radius 3 is 2.64 bits per heavy atom. The van der Waals surface area contributed by atoms with Crippen LogP contribution in [0.25, 0.3) is 0 Å². The standard InChI is InChI=1S/C10H21N3O/c1-9(10(11)14)12-5-8-13-6-3-2-4-7-13/h9,12H,2-8H2,1H3,(H2,11,14). The van der Waals surface area contributed by atoms with Gasteiger partial charge in [-0.25, -0.2) is 0 Å². The Bertz CT molecular complexity index is 178. The first-order valence-electron chi connectivity index (χ1n) is 5.45. The zero-order chi connectivity index (χ0) is 10.4. The largest absolute Gasteiger partial charge is 0.368 e. The highest BCUT2D eigenvalue weighted by atomic mass is 16.1. The van der Waals surface area contributed by atoms with E-state index in [1.807, 2.05) is 0 Å². The molecule has 0 aromatic carbocycles. The highest BCUT2D eigenvalue weighted by Gasteiger charge is 2.11. The smallest absolute Gasteiger partial charge is 0.234 e. The van der Waals surface area contributed by atoms with Crippen molar-refractivity contribution in [2.45, 2.75) is 32.2 Å². The van der Waals surface area contributed by atoms with Gasteiger partial charge in [0, 0.05) is 13.1 Å². The van der Waals surface area contributed by atoms with Gasteiger partial charge < -0.3 is 16.0 Å². The number of nitrogens with two attached hydrogens (primary N) is 1. The van der Waals surface area contributed by atoms with Gasteiger partial charge in [-0.1, -0.05) is 6.42 Å². The van der Waals surface area contributed by atoms with E-state index < -0.39 is 0 Å². The molecule has 82 valence electrons. The van der Waals surface area contributed by atoms with Gasteiger partial charge in [-0.05, 0) is 32.9 Å². The average molecular weight is 199 g/mol. The number of nitrogens with one attached hydrogen (secondary N) is 1.